The summed E-state index contributed by atoms with van der Waals surface area (Å²) in [4.78, 5) is 24.3. The van der Waals surface area contributed by atoms with Crippen LogP contribution >= 0.6 is 0 Å². The van der Waals surface area contributed by atoms with E-state index in [0.29, 0.717) is 17.7 Å². The monoisotopic (exact) mass is 323 g/mol. The molecule has 0 unspecified atom stereocenters. The highest BCUT2D eigenvalue weighted by Gasteiger charge is 2.31. The maximum absolute atomic E-state index is 12.2. The third-order valence-corrected chi connectivity index (χ3v) is 4.38. The Bertz CT molecular complexity index is 793. The minimum atomic E-state index is -0.244. The maximum atomic E-state index is 12.2. The molecule has 0 bridgehead atoms. The van der Waals surface area contributed by atoms with Gasteiger partial charge in [-0.2, -0.15) is 0 Å². The van der Waals surface area contributed by atoms with Crippen LogP contribution in [-0.2, 0) is 4.79 Å². The summed E-state index contributed by atoms with van der Waals surface area (Å²) in [6.45, 7) is 5.92. The number of fused-ring (bicyclic) bond motifs is 1. The summed E-state index contributed by atoms with van der Waals surface area (Å²) in [6.07, 6.45) is 0.506. The zero-order chi connectivity index (χ0) is 17.3. The fourth-order valence-corrected chi connectivity index (χ4v) is 3.21. The number of ether oxygens (including phenoxy) is 1. The van der Waals surface area contributed by atoms with Crippen LogP contribution in [0.15, 0.2) is 36.4 Å². The van der Waals surface area contributed by atoms with Crippen LogP contribution in [0.1, 0.15) is 46.3 Å². The van der Waals surface area contributed by atoms with E-state index in [1.165, 1.54) is 0 Å². The largest absolute Gasteiger partial charge is 0.483 e. The summed E-state index contributed by atoms with van der Waals surface area (Å²) >= 11 is 0. The summed E-state index contributed by atoms with van der Waals surface area (Å²) in [5.74, 6) is 0.559. The first-order valence-electron chi connectivity index (χ1n) is 8.11. The van der Waals surface area contributed by atoms with Crippen LogP contribution in [0.2, 0.25) is 0 Å². The van der Waals surface area contributed by atoms with Gasteiger partial charge in [0.1, 0.15) is 5.75 Å². The minimum absolute atomic E-state index is 0.0927. The molecule has 1 aliphatic rings. The van der Waals surface area contributed by atoms with E-state index >= 15 is 0 Å². The molecule has 0 aromatic heterocycles. The molecule has 2 aromatic carbocycles. The molecule has 0 saturated carbocycles. The highest BCUT2D eigenvalue weighted by Crippen LogP contribution is 2.40. The van der Waals surface area contributed by atoms with Crippen molar-refractivity contribution in [2.75, 3.05) is 11.9 Å². The summed E-state index contributed by atoms with van der Waals surface area (Å²) in [5, 5.41) is 2.79. The molecule has 0 radical (unpaired) electrons. The van der Waals surface area contributed by atoms with Gasteiger partial charge in [-0.05, 0) is 49.1 Å². The molecule has 0 saturated heterocycles. The van der Waals surface area contributed by atoms with Crippen molar-refractivity contribution in [2.45, 2.75) is 33.1 Å². The first kappa shape index (κ1) is 16.2. The quantitative estimate of drug-likeness (QED) is 0.925. The molecule has 0 spiro atoms. The van der Waals surface area contributed by atoms with Gasteiger partial charge < -0.3 is 10.1 Å². The second-order valence-electron chi connectivity index (χ2n) is 6.40. The Labute approximate surface area is 141 Å². The molecule has 24 heavy (non-hydrogen) atoms. The molecular weight excluding hydrogens is 302 g/mol. The molecule has 1 amide bonds. The Morgan fingerprint density at radius 2 is 1.88 bits per heavy atom. The average molecular weight is 323 g/mol. The maximum Gasteiger partial charge on any atom is 0.262 e. The fraction of sp³-hybridized carbons (Fsp3) is 0.300. The number of carbonyl (C=O) groups is 2. The normalized spacial score (nSPS) is 16.0. The van der Waals surface area contributed by atoms with E-state index in [2.05, 4.69) is 5.32 Å². The molecule has 0 aliphatic heterocycles. The van der Waals surface area contributed by atoms with Gasteiger partial charge in [0.2, 0.25) is 0 Å². The first-order valence-corrected chi connectivity index (χ1v) is 8.11. The lowest BCUT2D eigenvalue weighted by Gasteiger charge is -2.13. The Morgan fingerprint density at radius 1 is 1.17 bits per heavy atom. The summed E-state index contributed by atoms with van der Waals surface area (Å²) in [6, 6.07) is 11.3. The molecule has 0 fully saturated rings. The standard InChI is InChI=1S/C20H21NO3/c1-12-4-7-15(8-5-12)21-18(23)11-24-17-9-6-13(2)19-14(3)10-16(22)20(17)19/h4-9,14H,10-11H2,1-3H3,(H,21,23)/t14-/m0/s1. The Morgan fingerprint density at radius 3 is 2.58 bits per heavy atom. The van der Waals surface area contributed by atoms with Gasteiger partial charge in [-0.15, -0.1) is 0 Å². The van der Waals surface area contributed by atoms with Crippen molar-refractivity contribution in [1.29, 1.82) is 0 Å². The SMILES string of the molecule is Cc1ccc(NC(=O)COc2ccc(C)c3c2C(=O)C[C@@H]3C)cc1. The van der Waals surface area contributed by atoms with Crippen LogP contribution in [0, 0.1) is 13.8 Å². The van der Waals surface area contributed by atoms with Gasteiger partial charge in [0.25, 0.3) is 5.91 Å². The van der Waals surface area contributed by atoms with Gasteiger partial charge in [0.15, 0.2) is 12.4 Å². The molecule has 2 aromatic rings. The summed E-state index contributed by atoms with van der Waals surface area (Å²) in [5.41, 5.74) is 4.65. The molecule has 3 rings (SSSR count). The number of ketones is 1. The fourth-order valence-electron chi connectivity index (χ4n) is 3.21. The van der Waals surface area contributed by atoms with Crippen molar-refractivity contribution < 1.29 is 14.3 Å². The van der Waals surface area contributed by atoms with Gasteiger partial charge >= 0.3 is 0 Å². The van der Waals surface area contributed by atoms with Gasteiger partial charge in [-0.3, -0.25) is 9.59 Å². The second-order valence-corrected chi connectivity index (χ2v) is 6.40. The lowest BCUT2D eigenvalue weighted by molar-refractivity contribution is -0.118. The van der Waals surface area contributed by atoms with Gasteiger partial charge in [-0.1, -0.05) is 30.7 Å². The lowest BCUT2D eigenvalue weighted by Crippen LogP contribution is -2.20. The van der Waals surface area contributed by atoms with Gasteiger partial charge in [-0.25, -0.2) is 0 Å². The zero-order valence-corrected chi connectivity index (χ0v) is 14.2. The number of amides is 1. The number of rotatable bonds is 4. The van der Waals surface area contributed by atoms with Gasteiger partial charge in [0, 0.05) is 12.1 Å². The van der Waals surface area contributed by atoms with Crippen molar-refractivity contribution >= 4 is 17.4 Å². The van der Waals surface area contributed by atoms with Crippen molar-refractivity contribution in [2.24, 2.45) is 0 Å². The first-order chi connectivity index (χ1) is 11.5. The Kier molecular flexibility index (Phi) is 4.38. The van der Waals surface area contributed by atoms with Gasteiger partial charge in [0.05, 0.1) is 5.56 Å². The Balaban J connectivity index is 1.70. The average Bonchev–Trinajstić information content (AvgIpc) is 2.85. The van der Waals surface area contributed by atoms with E-state index in [1.54, 1.807) is 6.07 Å². The van der Waals surface area contributed by atoms with Crippen LogP contribution in [-0.4, -0.2) is 18.3 Å². The molecule has 4 heteroatoms. The third-order valence-electron chi connectivity index (χ3n) is 4.38. The topological polar surface area (TPSA) is 55.4 Å². The number of hydrogen-bond donors (Lipinski definition) is 1. The third kappa shape index (κ3) is 3.18. The van der Waals surface area contributed by atoms with E-state index in [-0.39, 0.29) is 24.2 Å². The highest BCUT2D eigenvalue weighted by molar-refractivity contribution is 6.04. The van der Waals surface area contributed by atoms with E-state index < -0.39 is 0 Å². The number of hydrogen-bond acceptors (Lipinski definition) is 3. The zero-order valence-electron chi connectivity index (χ0n) is 14.2. The predicted molar refractivity (Wildman–Crippen MR) is 93.8 cm³/mol. The molecule has 1 N–H and O–H groups in total. The van der Waals surface area contributed by atoms with Crippen molar-refractivity contribution in [3.8, 4) is 5.75 Å². The van der Waals surface area contributed by atoms with E-state index in [0.717, 1.165) is 22.4 Å². The molecule has 0 heterocycles. The van der Waals surface area contributed by atoms with Crippen LogP contribution in [0.3, 0.4) is 0 Å². The minimum Gasteiger partial charge on any atom is -0.483 e. The van der Waals surface area contributed by atoms with Crippen LogP contribution < -0.4 is 10.1 Å². The predicted octanol–water partition coefficient (Wildman–Crippen LogP) is 4.01. The van der Waals surface area contributed by atoms with Crippen LogP contribution in [0.25, 0.3) is 0 Å². The number of nitrogens with one attached hydrogen (secondary N) is 1. The van der Waals surface area contributed by atoms with E-state index in [9.17, 15) is 9.59 Å². The molecular formula is C20H21NO3. The number of carbonyl (C=O) groups excluding carboxylic acids is 2. The van der Waals surface area contributed by atoms with Crippen molar-refractivity contribution in [3.05, 3.63) is 58.7 Å². The second kappa shape index (κ2) is 6.48. The molecule has 1 aliphatic carbocycles. The van der Waals surface area contributed by atoms with Crippen LogP contribution in [0.4, 0.5) is 5.69 Å². The number of Topliss-reactive ketones (excluding diaryl/α,β-unsaturated/α-hetero) is 1. The van der Waals surface area contributed by atoms with Crippen molar-refractivity contribution in [1.82, 2.24) is 0 Å². The van der Waals surface area contributed by atoms with E-state index in [1.807, 2.05) is 51.1 Å². The number of benzene rings is 2. The van der Waals surface area contributed by atoms with Crippen molar-refractivity contribution in [3.63, 3.8) is 0 Å². The smallest absolute Gasteiger partial charge is 0.262 e. The van der Waals surface area contributed by atoms with Crippen LogP contribution in [0.5, 0.6) is 5.75 Å². The Hall–Kier alpha value is -2.62. The highest BCUT2D eigenvalue weighted by atomic mass is 16.5. The number of aryl methyl sites for hydroxylation is 2. The summed E-state index contributed by atoms with van der Waals surface area (Å²) in [7, 11) is 0. The molecule has 4 nitrogen and oxygen atoms in total. The van der Waals surface area contributed by atoms with E-state index in [4.69, 9.17) is 4.74 Å². The molecule has 1 atom stereocenters. The summed E-state index contributed by atoms with van der Waals surface area (Å²) < 4.78 is 5.65. The number of anilines is 1. The molecule has 124 valence electrons. The lowest BCUT2D eigenvalue weighted by atomic mass is 9.97.